The summed E-state index contributed by atoms with van der Waals surface area (Å²) in [5.74, 6) is -0.110. The molecule has 2 heterocycles. The second-order valence-corrected chi connectivity index (χ2v) is 10.7. The minimum absolute atomic E-state index is 0.110. The quantitative estimate of drug-likeness (QED) is 0.548. The lowest BCUT2D eigenvalue weighted by Crippen LogP contribution is -2.49. The normalized spacial score (nSPS) is 16.5. The largest absolute Gasteiger partial charge is 0.336 e. The molecule has 6 nitrogen and oxygen atoms in total. The van der Waals surface area contributed by atoms with Crippen molar-refractivity contribution in [3.63, 3.8) is 0 Å². The van der Waals surface area contributed by atoms with E-state index in [1.165, 1.54) is 15.9 Å². The minimum atomic E-state index is -3.73. The van der Waals surface area contributed by atoms with Gasteiger partial charge in [-0.15, -0.1) is 0 Å². The van der Waals surface area contributed by atoms with Crippen molar-refractivity contribution in [3.8, 4) is 0 Å². The lowest BCUT2D eigenvalue weighted by molar-refractivity contribution is 0.0638. The van der Waals surface area contributed by atoms with Gasteiger partial charge in [-0.2, -0.15) is 0 Å². The highest BCUT2D eigenvalue weighted by atomic mass is 32.2. The number of amides is 1. The Balaban J connectivity index is 1.24. The number of fused-ring (bicyclic) bond motifs is 1. The molecule has 0 aromatic heterocycles. The summed E-state index contributed by atoms with van der Waals surface area (Å²) in [4.78, 5) is 17.6. The van der Waals surface area contributed by atoms with Crippen LogP contribution >= 0.6 is 0 Å². The van der Waals surface area contributed by atoms with E-state index in [4.69, 9.17) is 0 Å². The molecule has 1 fully saturated rings. The monoisotopic (exact) mass is 475 g/mol. The summed E-state index contributed by atoms with van der Waals surface area (Å²) in [6, 6.07) is 24.5. The van der Waals surface area contributed by atoms with Crippen molar-refractivity contribution in [2.75, 3.05) is 43.6 Å². The molecule has 0 saturated carbocycles. The first-order valence-corrected chi connectivity index (χ1v) is 13.2. The van der Waals surface area contributed by atoms with Crippen molar-refractivity contribution in [2.45, 2.75) is 17.7 Å². The van der Waals surface area contributed by atoms with E-state index < -0.39 is 10.0 Å². The van der Waals surface area contributed by atoms with Gasteiger partial charge >= 0.3 is 0 Å². The molecule has 0 atom stereocenters. The molecule has 1 amide bonds. The zero-order valence-corrected chi connectivity index (χ0v) is 20.0. The van der Waals surface area contributed by atoms with E-state index >= 15 is 0 Å². The Morgan fingerprint density at radius 3 is 2.32 bits per heavy atom. The fourth-order valence-electron chi connectivity index (χ4n) is 4.76. The number of para-hydroxylation sites is 1. The third kappa shape index (κ3) is 4.58. The van der Waals surface area contributed by atoms with Gasteiger partial charge in [0.15, 0.2) is 0 Å². The van der Waals surface area contributed by atoms with Crippen LogP contribution in [0, 0.1) is 0 Å². The maximum absolute atomic E-state index is 13.4. The van der Waals surface area contributed by atoms with Crippen LogP contribution < -0.4 is 4.31 Å². The van der Waals surface area contributed by atoms with Gasteiger partial charge in [-0.05, 0) is 48.2 Å². The highest BCUT2D eigenvalue weighted by molar-refractivity contribution is 7.92. The number of sulfonamides is 1. The van der Waals surface area contributed by atoms with Crippen molar-refractivity contribution in [1.29, 1.82) is 0 Å². The third-order valence-corrected chi connectivity index (χ3v) is 8.54. The van der Waals surface area contributed by atoms with Gasteiger partial charge < -0.3 is 4.90 Å². The second kappa shape index (κ2) is 9.60. The molecule has 3 aromatic carbocycles. The van der Waals surface area contributed by atoms with Gasteiger partial charge in [0.25, 0.3) is 15.9 Å². The van der Waals surface area contributed by atoms with E-state index in [1.807, 2.05) is 35.2 Å². The maximum atomic E-state index is 13.4. The maximum Gasteiger partial charge on any atom is 0.264 e. The smallest absolute Gasteiger partial charge is 0.264 e. The van der Waals surface area contributed by atoms with Crippen molar-refractivity contribution in [2.24, 2.45) is 0 Å². The topological polar surface area (TPSA) is 60.9 Å². The van der Waals surface area contributed by atoms with Gasteiger partial charge in [0.05, 0.1) is 10.6 Å². The van der Waals surface area contributed by atoms with Gasteiger partial charge in [-0.25, -0.2) is 8.42 Å². The molecule has 3 aromatic rings. The second-order valence-electron chi connectivity index (χ2n) is 8.85. The summed E-state index contributed by atoms with van der Waals surface area (Å²) < 4.78 is 28.2. The van der Waals surface area contributed by atoms with Crippen LogP contribution in [0.15, 0.2) is 83.8 Å². The van der Waals surface area contributed by atoms with Gasteiger partial charge in [-0.1, -0.05) is 54.6 Å². The standard InChI is InChI=1S/C27H29N3O3S/c31-27(29-19-17-28(18-20-29)15-13-22-7-2-1-3-8-22)24-10-6-11-25(21-24)34(32,33)30-16-14-23-9-4-5-12-26(23)30/h1-12,21H,13-20H2. The van der Waals surface area contributed by atoms with Crippen LogP contribution in [0.1, 0.15) is 21.5 Å². The molecule has 0 bridgehead atoms. The molecule has 2 aliphatic rings. The van der Waals surface area contributed by atoms with Crippen LogP contribution in [-0.4, -0.2) is 63.4 Å². The Morgan fingerprint density at radius 1 is 0.794 bits per heavy atom. The van der Waals surface area contributed by atoms with Crippen LogP contribution in [0.3, 0.4) is 0 Å². The van der Waals surface area contributed by atoms with Crippen LogP contribution in [0.4, 0.5) is 5.69 Å². The number of hydrogen-bond acceptors (Lipinski definition) is 4. The van der Waals surface area contributed by atoms with E-state index in [-0.39, 0.29) is 10.8 Å². The molecular weight excluding hydrogens is 446 g/mol. The van der Waals surface area contributed by atoms with Gasteiger partial charge in [0.2, 0.25) is 0 Å². The summed E-state index contributed by atoms with van der Waals surface area (Å²) in [5.41, 5.74) is 3.50. The van der Waals surface area contributed by atoms with E-state index in [1.54, 1.807) is 18.2 Å². The molecular formula is C27H29N3O3S. The summed E-state index contributed by atoms with van der Waals surface area (Å²) in [6.07, 6.45) is 1.69. The van der Waals surface area contributed by atoms with Crippen molar-refractivity contribution < 1.29 is 13.2 Å². The first kappa shape index (κ1) is 22.6. The fraction of sp³-hybridized carbons (Fsp3) is 0.296. The SMILES string of the molecule is O=C(c1cccc(S(=O)(=O)N2CCc3ccccc32)c1)N1CCN(CCc2ccccc2)CC1. The minimum Gasteiger partial charge on any atom is -0.336 e. The molecule has 0 radical (unpaired) electrons. The Bertz CT molecular complexity index is 1270. The van der Waals surface area contributed by atoms with Gasteiger partial charge in [0, 0.05) is 44.8 Å². The summed E-state index contributed by atoms with van der Waals surface area (Å²) in [6.45, 7) is 4.32. The molecule has 34 heavy (non-hydrogen) atoms. The first-order chi connectivity index (χ1) is 16.5. The van der Waals surface area contributed by atoms with Crippen LogP contribution in [0.2, 0.25) is 0 Å². The lowest BCUT2D eigenvalue weighted by atomic mass is 10.1. The number of carbonyl (C=O) groups excluding carboxylic acids is 1. The zero-order chi connectivity index (χ0) is 23.5. The van der Waals surface area contributed by atoms with Crippen LogP contribution in [0.25, 0.3) is 0 Å². The van der Waals surface area contributed by atoms with Crippen LogP contribution in [0.5, 0.6) is 0 Å². The Hall–Kier alpha value is -3.16. The van der Waals surface area contributed by atoms with Crippen LogP contribution in [-0.2, 0) is 22.9 Å². The molecule has 0 spiro atoms. The number of piperazine rings is 1. The third-order valence-electron chi connectivity index (χ3n) is 6.73. The van der Waals surface area contributed by atoms with E-state index in [0.29, 0.717) is 31.6 Å². The molecule has 0 unspecified atom stereocenters. The molecule has 7 heteroatoms. The number of hydrogen-bond donors (Lipinski definition) is 0. The average Bonchev–Trinajstić information content (AvgIpc) is 3.33. The number of carbonyl (C=O) groups is 1. The summed E-state index contributed by atoms with van der Waals surface area (Å²) >= 11 is 0. The molecule has 2 aliphatic heterocycles. The Labute approximate surface area is 201 Å². The van der Waals surface area contributed by atoms with Crippen molar-refractivity contribution in [3.05, 3.63) is 95.6 Å². The Kier molecular flexibility index (Phi) is 6.39. The van der Waals surface area contributed by atoms with E-state index in [0.717, 1.165) is 37.3 Å². The Morgan fingerprint density at radius 2 is 1.53 bits per heavy atom. The highest BCUT2D eigenvalue weighted by Crippen LogP contribution is 2.32. The predicted octanol–water partition coefficient (Wildman–Crippen LogP) is 3.44. The van der Waals surface area contributed by atoms with E-state index in [2.05, 4.69) is 29.2 Å². The van der Waals surface area contributed by atoms with Gasteiger partial charge in [-0.3, -0.25) is 14.0 Å². The zero-order valence-electron chi connectivity index (χ0n) is 19.1. The highest BCUT2D eigenvalue weighted by Gasteiger charge is 2.31. The summed E-state index contributed by atoms with van der Waals surface area (Å²) in [5, 5.41) is 0. The van der Waals surface area contributed by atoms with Crippen molar-refractivity contribution in [1.82, 2.24) is 9.80 Å². The van der Waals surface area contributed by atoms with Crippen molar-refractivity contribution >= 4 is 21.6 Å². The average molecular weight is 476 g/mol. The fourth-order valence-corrected chi connectivity index (χ4v) is 6.31. The number of anilines is 1. The first-order valence-electron chi connectivity index (χ1n) is 11.8. The lowest BCUT2D eigenvalue weighted by Gasteiger charge is -2.34. The molecule has 0 aliphatic carbocycles. The van der Waals surface area contributed by atoms with E-state index in [9.17, 15) is 13.2 Å². The van der Waals surface area contributed by atoms with Gasteiger partial charge in [0.1, 0.15) is 0 Å². The molecule has 1 saturated heterocycles. The number of rotatable bonds is 6. The molecule has 0 N–H and O–H groups in total. The number of benzene rings is 3. The molecule has 5 rings (SSSR count). The summed E-state index contributed by atoms with van der Waals surface area (Å²) in [7, 11) is -3.73. The number of nitrogens with zero attached hydrogens (tertiary/aromatic N) is 3. The predicted molar refractivity (Wildman–Crippen MR) is 134 cm³/mol. The molecule has 176 valence electrons.